The van der Waals surface area contributed by atoms with E-state index >= 15 is 0 Å². The highest BCUT2D eigenvalue weighted by molar-refractivity contribution is 7.99. The third-order valence-electron chi connectivity index (χ3n) is 5.74. The fourth-order valence-electron chi connectivity index (χ4n) is 4.91. The maximum Gasteiger partial charge on any atom is 0.500 e. The number of carbonyl (C=O) groups is 2. The van der Waals surface area contributed by atoms with E-state index in [4.69, 9.17) is 18.0 Å². The molecule has 1 aliphatic heterocycles. The third kappa shape index (κ3) is 3.89. The van der Waals surface area contributed by atoms with E-state index in [1.165, 1.54) is 0 Å². The lowest BCUT2D eigenvalue weighted by Crippen LogP contribution is -2.46. The van der Waals surface area contributed by atoms with Crippen molar-refractivity contribution >= 4 is 32.5 Å². The topological polar surface area (TPSA) is 71.1 Å². The second-order valence-corrected chi connectivity index (χ2v) is 11.3. The van der Waals surface area contributed by atoms with Gasteiger partial charge in [-0.25, -0.2) is 0 Å². The van der Waals surface area contributed by atoms with Crippen LogP contribution in [0.4, 0.5) is 0 Å². The maximum absolute atomic E-state index is 12.0. The Hall–Kier alpha value is -0.413. The van der Waals surface area contributed by atoms with Gasteiger partial charge in [0.2, 0.25) is 0 Å². The van der Waals surface area contributed by atoms with Crippen molar-refractivity contribution in [1.82, 2.24) is 0 Å². The van der Waals surface area contributed by atoms with Crippen LogP contribution < -0.4 is 0 Å². The number of rotatable bonds is 11. The van der Waals surface area contributed by atoms with Crippen LogP contribution in [0.2, 0.25) is 6.04 Å². The van der Waals surface area contributed by atoms with Crippen molar-refractivity contribution in [2.75, 3.05) is 25.6 Å². The van der Waals surface area contributed by atoms with E-state index in [-0.39, 0.29) is 23.8 Å². The van der Waals surface area contributed by atoms with Gasteiger partial charge in [0, 0.05) is 31.1 Å². The molecule has 6 nitrogen and oxygen atoms in total. The van der Waals surface area contributed by atoms with E-state index in [1.807, 2.05) is 32.5 Å². The summed E-state index contributed by atoms with van der Waals surface area (Å²) >= 11 is 1.93. The van der Waals surface area contributed by atoms with E-state index in [0.717, 1.165) is 31.1 Å². The van der Waals surface area contributed by atoms with Crippen LogP contribution in [0, 0.1) is 23.7 Å². The molecule has 2 bridgehead atoms. The standard InChI is InChI=1S/C18H30O6SSi/c1-4-21-26(22-5-2,23-6-3)9-7-8-25-14-11-12-10-13(14)16-15(12)17(19)24-18(16)20/h12-16H,4-11H2,1-3H3. The zero-order valence-corrected chi connectivity index (χ0v) is 17.7. The fourth-order valence-corrected chi connectivity index (χ4v) is 9.31. The maximum atomic E-state index is 12.0. The molecule has 3 rings (SSSR count). The van der Waals surface area contributed by atoms with Gasteiger partial charge in [-0.1, -0.05) is 0 Å². The molecule has 0 radical (unpaired) electrons. The largest absolute Gasteiger partial charge is 0.500 e. The Morgan fingerprint density at radius 2 is 1.62 bits per heavy atom. The predicted octanol–water partition coefficient (Wildman–Crippen LogP) is 2.88. The van der Waals surface area contributed by atoms with Gasteiger partial charge in [0.15, 0.2) is 0 Å². The first-order chi connectivity index (χ1) is 12.5. The highest BCUT2D eigenvalue weighted by Crippen LogP contribution is 2.58. The molecule has 3 aliphatic rings. The summed E-state index contributed by atoms with van der Waals surface area (Å²) in [7, 11) is -2.56. The minimum Gasteiger partial charge on any atom is -0.393 e. The second-order valence-electron chi connectivity index (χ2n) is 7.18. The first kappa shape index (κ1) is 20.3. The molecule has 0 aromatic rings. The summed E-state index contributed by atoms with van der Waals surface area (Å²) in [6.07, 6.45) is 3.01. The minimum absolute atomic E-state index is 0.154. The van der Waals surface area contributed by atoms with Crippen LogP contribution >= 0.6 is 11.8 Å². The molecule has 1 saturated heterocycles. The number of fused-ring (bicyclic) bond motifs is 5. The summed E-state index contributed by atoms with van der Waals surface area (Å²) in [5.74, 6) is 0.744. The third-order valence-corrected chi connectivity index (χ3v) is 10.4. The molecule has 0 aromatic heterocycles. The molecule has 3 fully saturated rings. The van der Waals surface area contributed by atoms with Crippen LogP contribution in [-0.2, 0) is 27.6 Å². The quantitative estimate of drug-likeness (QED) is 0.228. The Morgan fingerprint density at radius 1 is 1.00 bits per heavy atom. The van der Waals surface area contributed by atoms with Gasteiger partial charge in [0.25, 0.3) is 0 Å². The van der Waals surface area contributed by atoms with Gasteiger partial charge in [0.1, 0.15) is 0 Å². The number of cyclic esters (lactones) is 2. The number of carbonyl (C=O) groups excluding carboxylic acids is 2. The summed E-state index contributed by atoms with van der Waals surface area (Å²) in [4.78, 5) is 23.8. The molecule has 148 valence electrons. The molecule has 1 heterocycles. The molecule has 2 saturated carbocycles. The van der Waals surface area contributed by atoms with Gasteiger partial charge < -0.3 is 18.0 Å². The number of esters is 2. The van der Waals surface area contributed by atoms with Gasteiger partial charge in [-0.15, -0.1) is 0 Å². The van der Waals surface area contributed by atoms with E-state index in [1.54, 1.807) is 0 Å². The molecule has 8 heteroatoms. The minimum atomic E-state index is -2.56. The molecular weight excluding hydrogens is 372 g/mol. The van der Waals surface area contributed by atoms with Crippen molar-refractivity contribution in [2.24, 2.45) is 23.7 Å². The average molecular weight is 403 g/mol. The predicted molar refractivity (Wildman–Crippen MR) is 101 cm³/mol. The number of hydrogen-bond donors (Lipinski definition) is 0. The monoisotopic (exact) mass is 402 g/mol. The highest BCUT2D eigenvalue weighted by Gasteiger charge is 2.62. The normalized spacial score (nSPS) is 33.0. The molecule has 0 aromatic carbocycles. The molecule has 0 N–H and O–H groups in total. The van der Waals surface area contributed by atoms with Crippen molar-refractivity contribution < 1.29 is 27.6 Å². The van der Waals surface area contributed by atoms with E-state index in [2.05, 4.69) is 0 Å². The Balaban J connectivity index is 1.48. The van der Waals surface area contributed by atoms with Gasteiger partial charge in [-0.2, -0.15) is 11.8 Å². The lowest BCUT2D eigenvalue weighted by atomic mass is 9.81. The Bertz CT molecular complexity index is 513. The SMILES string of the molecule is CCO[Si](CCCSC1CC2CC1C1C(=O)OC(=O)C21)(OCC)OCC. The average Bonchev–Trinajstić information content (AvgIpc) is 3.25. The van der Waals surface area contributed by atoms with Crippen LogP contribution in [0.15, 0.2) is 0 Å². The number of thioether (sulfide) groups is 1. The van der Waals surface area contributed by atoms with Crippen LogP contribution in [0.3, 0.4) is 0 Å². The van der Waals surface area contributed by atoms with Crippen LogP contribution in [0.25, 0.3) is 0 Å². The van der Waals surface area contributed by atoms with Crippen LogP contribution in [0.5, 0.6) is 0 Å². The molecule has 5 atom stereocenters. The van der Waals surface area contributed by atoms with Crippen LogP contribution in [-0.4, -0.2) is 51.6 Å². The zero-order chi connectivity index (χ0) is 18.7. The summed E-state index contributed by atoms with van der Waals surface area (Å²) in [5, 5.41) is 0.460. The van der Waals surface area contributed by atoms with E-state index < -0.39 is 8.80 Å². The van der Waals surface area contributed by atoms with Crippen molar-refractivity contribution in [1.29, 1.82) is 0 Å². The fraction of sp³-hybridized carbons (Fsp3) is 0.889. The molecule has 26 heavy (non-hydrogen) atoms. The van der Waals surface area contributed by atoms with Crippen molar-refractivity contribution in [3.8, 4) is 0 Å². The van der Waals surface area contributed by atoms with Crippen molar-refractivity contribution in [3.05, 3.63) is 0 Å². The molecule has 2 aliphatic carbocycles. The lowest BCUT2D eigenvalue weighted by molar-refractivity contribution is -0.154. The van der Waals surface area contributed by atoms with Gasteiger partial charge in [-0.05, 0) is 57.6 Å². The molecule has 0 amide bonds. The first-order valence-corrected chi connectivity index (χ1v) is 12.8. The van der Waals surface area contributed by atoms with Crippen molar-refractivity contribution in [2.45, 2.75) is 51.3 Å². The van der Waals surface area contributed by atoms with E-state index in [9.17, 15) is 9.59 Å². The Morgan fingerprint density at radius 3 is 2.23 bits per heavy atom. The first-order valence-electron chi connectivity index (χ1n) is 9.84. The van der Waals surface area contributed by atoms with Gasteiger partial charge in [0.05, 0.1) is 11.8 Å². The summed E-state index contributed by atoms with van der Waals surface area (Å²) in [6, 6.07) is 0.822. The van der Waals surface area contributed by atoms with E-state index in [0.29, 0.717) is 36.9 Å². The zero-order valence-electron chi connectivity index (χ0n) is 15.9. The highest BCUT2D eigenvalue weighted by atomic mass is 32.2. The lowest BCUT2D eigenvalue weighted by Gasteiger charge is -2.29. The molecule has 5 unspecified atom stereocenters. The Labute approximate surface area is 161 Å². The number of ether oxygens (including phenoxy) is 1. The smallest absolute Gasteiger partial charge is 0.393 e. The number of hydrogen-bond acceptors (Lipinski definition) is 7. The molecule has 0 spiro atoms. The molecular formula is C18H30O6SSi. The van der Waals surface area contributed by atoms with Gasteiger partial charge in [-0.3, -0.25) is 9.59 Å². The summed E-state index contributed by atoms with van der Waals surface area (Å²) in [6.45, 7) is 7.73. The van der Waals surface area contributed by atoms with Gasteiger partial charge >= 0.3 is 20.7 Å². The summed E-state index contributed by atoms with van der Waals surface area (Å²) in [5.41, 5.74) is 0. The van der Waals surface area contributed by atoms with Crippen molar-refractivity contribution in [3.63, 3.8) is 0 Å². The second kappa shape index (κ2) is 8.73. The Kier molecular flexibility index (Phi) is 6.82. The van der Waals surface area contributed by atoms with Crippen LogP contribution in [0.1, 0.15) is 40.0 Å². The summed E-state index contributed by atoms with van der Waals surface area (Å²) < 4.78 is 22.6.